The Morgan fingerprint density at radius 2 is 1.58 bits per heavy atom. The van der Waals surface area contributed by atoms with Gasteiger partial charge in [-0.15, -0.1) is 0 Å². The highest BCUT2D eigenvalue weighted by Crippen LogP contribution is 2.40. The average molecular weight is 316 g/mol. The predicted octanol–water partition coefficient (Wildman–Crippen LogP) is 6.78. The van der Waals surface area contributed by atoms with Crippen molar-refractivity contribution in [2.45, 2.75) is 52.9 Å². The molecule has 0 nitrogen and oxygen atoms in total. The van der Waals surface area contributed by atoms with E-state index >= 15 is 0 Å². The van der Waals surface area contributed by atoms with Gasteiger partial charge in [0.1, 0.15) is 0 Å². The maximum absolute atomic E-state index is 3.94. The molecule has 0 bridgehead atoms. The number of rotatable bonds is 1. The van der Waals surface area contributed by atoms with E-state index in [1.807, 2.05) is 6.08 Å². The van der Waals surface area contributed by atoms with Gasteiger partial charge in [0.05, 0.1) is 0 Å². The van der Waals surface area contributed by atoms with Gasteiger partial charge in [-0.1, -0.05) is 69.3 Å². The van der Waals surface area contributed by atoms with Gasteiger partial charge in [0.25, 0.3) is 0 Å². The lowest BCUT2D eigenvalue weighted by atomic mass is 9.78. The monoisotopic (exact) mass is 316 g/mol. The zero-order valence-electron chi connectivity index (χ0n) is 15.3. The van der Waals surface area contributed by atoms with Crippen molar-refractivity contribution in [1.82, 2.24) is 0 Å². The Balaban J connectivity index is 0.000000526. The summed E-state index contributed by atoms with van der Waals surface area (Å²) < 4.78 is 0. The molecule has 4 rings (SSSR count). The summed E-state index contributed by atoms with van der Waals surface area (Å²) in [5.74, 6) is 0. The molecule has 0 heterocycles. The first-order valence-corrected chi connectivity index (χ1v) is 9.27. The highest BCUT2D eigenvalue weighted by molar-refractivity contribution is 5.79. The van der Waals surface area contributed by atoms with E-state index in [0.29, 0.717) is 0 Å². The summed E-state index contributed by atoms with van der Waals surface area (Å²) in [6.07, 6.45) is 12.5. The van der Waals surface area contributed by atoms with Crippen molar-refractivity contribution >= 4 is 12.2 Å². The van der Waals surface area contributed by atoms with Crippen LogP contribution in [-0.2, 0) is 19.3 Å². The third-order valence-corrected chi connectivity index (χ3v) is 5.10. The smallest absolute Gasteiger partial charge is 0.0146 e. The summed E-state index contributed by atoms with van der Waals surface area (Å²) in [6, 6.07) is 9.14. The van der Waals surface area contributed by atoms with E-state index in [2.05, 4.69) is 63.8 Å². The summed E-state index contributed by atoms with van der Waals surface area (Å²) in [5, 5.41) is 0. The van der Waals surface area contributed by atoms with Crippen molar-refractivity contribution in [3.05, 3.63) is 70.3 Å². The molecule has 0 aromatic heterocycles. The number of benzene rings is 2. The van der Waals surface area contributed by atoms with E-state index in [9.17, 15) is 0 Å². The standard InChI is InChI=1S/C21H20.C3H8/c1-3-15-8-10-19-17(14(15)2)12-13-20-18-7-5-4-6-16(18)9-11-21(19)20;1-3-2/h3-4,6,8-11H,1,5,7,12-13H2,2H3;3H2,1-2H3. The minimum Gasteiger partial charge on any atom is -0.0985 e. The molecular formula is C24H28. The van der Waals surface area contributed by atoms with E-state index in [1.165, 1.54) is 59.1 Å². The second kappa shape index (κ2) is 7.21. The summed E-state index contributed by atoms with van der Waals surface area (Å²) in [6.45, 7) is 10.4. The van der Waals surface area contributed by atoms with Gasteiger partial charge in [0.15, 0.2) is 0 Å². The Kier molecular flexibility index (Phi) is 5.04. The number of fused-ring (bicyclic) bond motifs is 5. The SMILES string of the molecule is C=Cc1ccc2c(c1C)CCc1c-2ccc2c1CCC=C2.CCC. The lowest BCUT2D eigenvalue weighted by molar-refractivity contribution is 0.881. The van der Waals surface area contributed by atoms with E-state index in [4.69, 9.17) is 0 Å². The Hall–Kier alpha value is -2.08. The molecule has 0 fully saturated rings. The second-order valence-electron chi connectivity index (χ2n) is 6.82. The number of allylic oxidation sites excluding steroid dienone is 1. The van der Waals surface area contributed by atoms with Crippen LogP contribution in [0.2, 0.25) is 0 Å². The van der Waals surface area contributed by atoms with Crippen LogP contribution in [0.1, 0.15) is 60.1 Å². The third kappa shape index (κ3) is 2.86. The van der Waals surface area contributed by atoms with Crippen LogP contribution in [0.3, 0.4) is 0 Å². The van der Waals surface area contributed by atoms with Gasteiger partial charge in [-0.2, -0.15) is 0 Å². The van der Waals surface area contributed by atoms with Gasteiger partial charge in [-0.25, -0.2) is 0 Å². The van der Waals surface area contributed by atoms with Crippen LogP contribution in [-0.4, -0.2) is 0 Å². The maximum atomic E-state index is 3.94. The third-order valence-electron chi connectivity index (χ3n) is 5.10. The molecule has 2 aromatic rings. The van der Waals surface area contributed by atoms with Crippen LogP contribution in [0.25, 0.3) is 23.3 Å². The fraction of sp³-hybridized carbons (Fsp3) is 0.333. The highest BCUT2D eigenvalue weighted by atomic mass is 14.3. The molecule has 0 heteroatoms. The van der Waals surface area contributed by atoms with Crippen LogP contribution in [0.4, 0.5) is 0 Å². The van der Waals surface area contributed by atoms with Gasteiger partial charge >= 0.3 is 0 Å². The van der Waals surface area contributed by atoms with Crippen molar-refractivity contribution < 1.29 is 0 Å². The molecule has 2 aliphatic carbocycles. The molecule has 0 saturated heterocycles. The van der Waals surface area contributed by atoms with Gasteiger partial charge in [0, 0.05) is 0 Å². The quantitative estimate of drug-likeness (QED) is 0.544. The zero-order chi connectivity index (χ0) is 17.1. The van der Waals surface area contributed by atoms with E-state index in [0.717, 1.165) is 6.42 Å². The van der Waals surface area contributed by atoms with E-state index in [-0.39, 0.29) is 0 Å². The molecule has 124 valence electrons. The van der Waals surface area contributed by atoms with Gasteiger partial charge in [-0.3, -0.25) is 0 Å². The lowest BCUT2D eigenvalue weighted by Crippen LogP contribution is -2.11. The minimum absolute atomic E-state index is 1.16. The first-order chi connectivity index (χ1) is 11.7. The molecule has 2 aliphatic rings. The van der Waals surface area contributed by atoms with E-state index < -0.39 is 0 Å². The molecule has 24 heavy (non-hydrogen) atoms. The molecule has 0 aliphatic heterocycles. The van der Waals surface area contributed by atoms with Crippen LogP contribution < -0.4 is 0 Å². The molecule has 0 radical (unpaired) electrons. The Bertz CT molecular complexity index is 790. The predicted molar refractivity (Wildman–Crippen MR) is 107 cm³/mol. The minimum atomic E-state index is 1.16. The largest absolute Gasteiger partial charge is 0.0985 e. The van der Waals surface area contributed by atoms with Gasteiger partial charge in [-0.05, 0) is 77.1 Å². The molecule has 0 N–H and O–H groups in total. The Morgan fingerprint density at radius 1 is 0.917 bits per heavy atom. The van der Waals surface area contributed by atoms with Crippen LogP contribution >= 0.6 is 0 Å². The van der Waals surface area contributed by atoms with Crippen molar-refractivity contribution in [3.63, 3.8) is 0 Å². The van der Waals surface area contributed by atoms with Crippen molar-refractivity contribution in [3.8, 4) is 11.1 Å². The molecule has 0 saturated carbocycles. The first-order valence-electron chi connectivity index (χ1n) is 9.27. The molecule has 0 amide bonds. The Morgan fingerprint density at radius 3 is 2.33 bits per heavy atom. The van der Waals surface area contributed by atoms with Crippen LogP contribution in [0.15, 0.2) is 36.9 Å². The maximum Gasteiger partial charge on any atom is -0.0146 e. The van der Waals surface area contributed by atoms with Crippen molar-refractivity contribution in [2.24, 2.45) is 0 Å². The summed E-state index contributed by atoms with van der Waals surface area (Å²) >= 11 is 0. The van der Waals surface area contributed by atoms with Gasteiger partial charge in [0.2, 0.25) is 0 Å². The molecule has 0 unspecified atom stereocenters. The molecule has 2 aromatic carbocycles. The number of hydrogen-bond donors (Lipinski definition) is 0. The first kappa shape index (κ1) is 16.8. The van der Waals surface area contributed by atoms with Crippen molar-refractivity contribution in [2.75, 3.05) is 0 Å². The summed E-state index contributed by atoms with van der Waals surface area (Å²) in [7, 11) is 0. The lowest BCUT2D eigenvalue weighted by Gasteiger charge is -2.27. The Labute approximate surface area is 146 Å². The van der Waals surface area contributed by atoms with Crippen LogP contribution in [0, 0.1) is 6.92 Å². The topological polar surface area (TPSA) is 0 Å². The van der Waals surface area contributed by atoms with Crippen molar-refractivity contribution in [1.29, 1.82) is 0 Å². The van der Waals surface area contributed by atoms with Crippen LogP contribution in [0.5, 0.6) is 0 Å². The summed E-state index contributed by atoms with van der Waals surface area (Å²) in [4.78, 5) is 0. The van der Waals surface area contributed by atoms with E-state index in [1.54, 1.807) is 11.1 Å². The average Bonchev–Trinajstić information content (AvgIpc) is 2.62. The molecule has 0 atom stereocenters. The highest BCUT2D eigenvalue weighted by Gasteiger charge is 2.22. The zero-order valence-corrected chi connectivity index (χ0v) is 15.3. The fourth-order valence-corrected chi connectivity index (χ4v) is 3.96. The number of hydrogen-bond acceptors (Lipinski definition) is 0. The normalized spacial score (nSPS) is 14.0. The second-order valence-corrected chi connectivity index (χ2v) is 6.82. The molecule has 0 spiro atoms. The summed E-state index contributed by atoms with van der Waals surface area (Å²) in [5.41, 5.74) is 11.7. The molecular weight excluding hydrogens is 288 g/mol. The fourth-order valence-electron chi connectivity index (χ4n) is 3.96. The van der Waals surface area contributed by atoms with Gasteiger partial charge < -0.3 is 0 Å².